The average Bonchev–Trinajstić information content (AvgIpc) is 2.54. The van der Waals surface area contributed by atoms with Crippen molar-refractivity contribution in [1.82, 2.24) is 0 Å². The molecule has 0 aliphatic heterocycles. The molecule has 1 atom stereocenters. The maximum atomic E-state index is 2.33. The normalized spacial score (nSPS) is 12.3. The van der Waals surface area contributed by atoms with E-state index in [-0.39, 0.29) is 0 Å². The highest BCUT2D eigenvalue weighted by Gasteiger charge is 2.04. The van der Waals surface area contributed by atoms with Crippen molar-refractivity contribution in [2.75, 3.05) is 0 Å². The van der Waals surface area contributed by atoms with Crippen molar-refractivity contribution in [3.63, 3.8) is 0 Å². The monoisotopic (exact) mass is 280 g/mol. The molecular weight excluding hydrogens is 252 g/mol. The van der Waals surface area contributed by atoms with E-state index in [0.717, 1.165) is 19.3 Å². The van der Waals surface area contributed by atoms with Gasteiger partial charge in [0.1, 0.15) is 0 Å². The Morgan fingerprint density at radius 3 is 1.67 bits per heavy atom. The van der Waals surface area contributed by atoms with Crippen LogP contribution < -0.4 is 0 Å². The summed E-state index contributed by atoms with van der Waals surface area (Å²) in [5, 5.41) is 0. The molecule has 112 valence electrons. The summed E-state index contributed by atoms with van der Waals surface area (Å²) < 4.78 is 0. The average molecular weight is 280 g/mol. The van der Waals surface area contributed by atoms with Crippen LogP contribution in [-0.2, 0) is 19.3 Å². The van der Waals surface area contributed by atoms with E-state index >= 15 is 0 Å². The second-order valence-corrected chi connectivity index (χ2v) is 6.10. The molecule has 2 aromatic carbocycles. The molecular formula is C21H28. The molecule has 0 aliphatic carbocycles. The summed E-state index contributed by atoms with van der Waals surface area (Å²) in [4.78, 5) is 0. The highest BCUT2D eigenvalue weighted by Crippen LogP contribution is 2.21. The molecule has 0 N–H and O–H groups in total. The molecule has 0 aliphatic rings. The molecule has 0 nitrogen and oxygen atoms in total. The molecule has 0 spiro atoms. The molecule has 1 unspecified atom stereocenters. The van der Waals surface area contributed by atoms with Gasteiger partial charge in [-0.2, -0.15) is 0 Å². The van der Waals surface area contributed by atoms with E-state index in [1.54, 1.807) is 0 Å². The minimum absolute atomic E-state index is 0.686. The minimum atomic E-state index is 0.686. The summed E-state index contributed by atoms with van der Waals surface area (Å²) in [5.74, 6) is 0.686. The maximum Gasteiger partial charge on any atom is -0.0190 e. The van der Waals surface area contributed by atoms with Gasteiger partial charge in [0, 0.05) is 0 Å². The van der Waals surface area contributed by atoms with Gasteiger partial charge in [0.15, 0.2) is 0 Å². The van der Waals surface area contributed by atoms with Crippen LogP contribution in [0.3, 0.4) is 0 Å². The van der Waals surface area contributed by atoms with Gasteiger partial charge in [-0.3, -0.25) is 0 Å². The van der Waals surface area contributed by atoms with Crippen LogP contribution in [0.1, 0.15) is 61.8 Å². The quantitative estimate of drug-likeness (QED) is 0.589. The number of benzene rings is 2. The smallest absolute Gasteiger partial charge is 0.0190 e. The van der Waals surface area contributed by atoms with Crippen LogP contribution in [0.2, 0.25) is 0 Å². The fourth-order valence-corrected chi connectivity index (χ4v) is 2.84. The van der Waals surface area contributed by atoms with Gasteiger partial charge in [-0.05, 0) is 53.9 Å². The van der Waals surface area contributed by atoms with Crippen LogP contribution in [0.5, 0.6) is 0 Å². The Kier molecular flexibility index (Phi) is 6.04. The molecule has 0 amide bonds. The van der Waals surface area contributed by atoms with Gasteiger partial charge in [0.05, 0.1) is 0 Å². The van der Waals surface area contributed by atoms with Crippen LogP contribution in [0.15, 0.2) is 48.5 Å². The minimum Gasteiger partial charge on any atom is -0.0654 e. The largest absolute Gasteiger partial charge is 0.0654 e. The zero-order valence-electron chi connectivity index (χ0n) is 13.7. The summed E-state index contributed by atoms with van der Waals surface area (Å²) >= 11 is 0. The second-order valence-electron chi connectivity index (χ2n) is 6.10. The SMILES string of the molecule is CCCC(C)c1ccc(CCc2ccc(CC)cc2)cc1. The van der Waals surface area contributed by atoms with Gasteiger partial charge in [-0.25, -0.2) is 0 Å². The van der Waals surface area contributed by atoms with E-state index in [9.17, 15) is 0 Å². The Morgan fingerprint density at radius 2 is 1.19 bits per heavy atom. The molecule has 21 heavy (non-hydrogen) atoms. The third kappa shape index (κ3) is 4.74. The van der Waals surface area contributed by atoms with Crippen LogP contribution in [0.4, 0.5) is 0 Å². The third-order valence-electron chi connectivity index (χ3n) is 4.40. The molecule has 0 fully saturated rings. The van der Waals surface area contributed by atoms with E-state index in [2.05, 4.69) is 69.3 Å². The Hall–Kier alpha value is -1.56. The van der Waals surface area contributed by atoms with Crippen molar-refractivity contribution in [2.45, 2.75) is 58.8 Å². The van der Waals surface area contributed by atoms with E-state index in [1.165, 1.54) is 35.1 Å². The van der Waals surface area contributed by atoms with Gasteiger partial charge in [0.2, 0.25) is 0 Å². The first-order chi connectivity index (χ1) is 10.2. The Morgan fingerprint density at radius 1 is 0.714 bits per heavy atom. The molecule has 0 saturated carbocycles. The van der Waals surface area contributed by atoms with E-state index in [1.807, 2.05) is 0 Å². The first-order valence-corrected chi connectivity index (χ1v) is 8.39. The maximum absolute atomic E-state index is 2.33. The lowest BCUT2D eigenvalue weighted by Crippen LogP contribution is -1.95. The molecule has 0 heteroatoms. The van der Waals surface area contributed by atoms with E-state index in [4.69, 9.17) is 0 Å². The van der Waals surface area contributed by atoms with Crippen molar-refractivity contribution in [3.8, 4) is 0 Å². The van der Waals surface area contributed by atoms with Crippen molar-refractivity contribution in [2.24, 2.45) is 0 Å². The lowest BCUT2D eigenvalue weighted by Gasteiger charge is -2.11. The van der Waals surface area contributed by atoms with Gasteiger partial charge < -0.3 is 0 Å². The van der Waals surface area contributed by atoms with Crippen LogP contribution in [0, 0.1) is 0 Å². The number of rotatable bonds is 7. The molecule has 0 aromatic heterocycles. The standard InChI is InChI=1S/C21H28/c1-4-6-17(3)21-15-13-20(14-16-21)12-11-19-9-7-18(5-2)8-10-19/h7-10,13-17H,4-6,11-12H2,1-3H3. The molecule has 0 heterocycles. The number of hydrogen-bond donors (Lipinski definition) is 0. The van der Waals surface area contributed by atoms with Crippen molar-refractivity contribution in [1.29, 1.82) is 0 Å². The van der Waals surface area contributed by atoms with Crippen molar-refractivity contribution in [3.05, 3.63) is 70.8 Å². The first-order valence-electron chi connectivity index (χ1n) is 8.39. The van der Waals surface area contributed by atoms with Crippen LogP contribution >= 0.6 is 0 Å². The van der Waals surface area contributed by atoms with Gasteiger partial charge >= 0.3 is 0 Å². The lowest BCUT2D eigenvalue weighted by atomic mass is 9.94. The predicted molar refractivity (Wildman–Crippen MR) is 93.0 cm³/mol. The van der Waals surface area contributed by atoms with Crippen molar-refractivity contribution < 1.29 is 0 Å². The highest BCUT2D eigenvalue weighted by molar-refractivity contribution is 5.27. The van der Waals surface area contributed by atoms with Gasteiger partial charge in [-0.15, -0.1) is 0 Å². The summed E-state index contributed by atoms with van der Waals surface area (Å²) in [5.41, 5.74) is 5.79. The molecule has 0 saturated heterocycles. The fourth-order valence-electron chi connectivity index (χ4n) is 2.84. The Bertz CT molecular complexity index is 519. The number of aryl methyl sites for hydroxylation is 3. The van der Waals surface area contributed by atoms with Crippen LogP contribution in [0.25, 0.3) is 0 Å². The Balaban J connectivity index is 1.90. The zero-order valence-corrected chi connectivity index (χ0v) is 13.7. The summed E-state index contributed by atoms with van der Waals surface area (Å²) in [6, 6.07) is 18.3. The van der Waals surface area contributed by atoms with Gasteiger partial charge in [-0.1, -0.05) is 75.7 Å². The van der Waals surface area contributed by atoms with E-state index in [0.29, 0.717) is 5.92 Å². The highest BCUT2D eigenvalue weighted by atomic mass is 14.1. The molecule has 2 aromatic rings. The molecule has 2 rings (SSSR count). The fraction of sp³-hybridized carbons (Fsp3) is 0.429. The van der Waals surface area contributed by atoms with E-state index < -0.39 is 0 Å². The molecule has 0 radical (unpaired) electrons. The summed E-state index contributed by atoms with van der Waals surface area (Å²) in [6.07, 6.45) is 5.93. The lowest BCUT2D eigenvalue weighted by molar-refractivity contribution is 0.664. The Labute approximate surface area is 130 Å². The van der Waals surface area contributed by atoms with Crippen molar-refractivity contribution >= 4 is 0 Å². The first kappa shape index (κ1) is 15.8. The number of hydrogen-bond acceptors (Lipinski definition) is 0. The topological polar surface area (TPSA) is 0 Å². The third-order valence-corrected chi connectivity index (χ3v) is 4.40. The summed E-state index contributed by atoms with van der Waals surface area (Å²) in [7, 11) is 0. The predicted octanol–water partition coefficient (Wildman–Crippen LogP) is 5.94. The summed E-state index contributed by atoms with van der Waals surface area (Å²) in [6.45, 7) is 6.79. The molecule has 0 bridgehead atoms. The van der Waals surface area contributed by atoms with Gasteiger partial charge in [0.25, 0.3) is 0 Å². The second kappa shape index (κ2) is 8.02. The zero-order chi connectivity index (χ0) is 15.1. The van der Waals surface area contributed by atoms with Crippen LogP contribution in [-0.4, -0.2) is 0 Å².